The minimum atomic E-state index is 0.000723. The Labute approximate surface area is 132 Å². The molecule has 19 heavy (non-hydrogen) atoms. The molecule has 0 aliphatic heterocycles. The lowest BCUT2D eigenvalue weighted by Crippen LogP contribution is -2.32. The monoisotopic (exact) mass is 399 g/mol. The molecule has 2 aromatic rings. The molecule has 3 rings (SSSR count). The first-order valence-electron chi connectivity index (χ1n) is 5.96. The van der Waals surface area contributed by atoms with Gasteiger partial charge in [0.1, 0.15) is 0 Å². The van der Waals surface area contributed by atoms with Crippen molar-refractivity contribution in [3.8, 4) is 0 Å². The lowest BCUT2D eigenvalue weighted by Gasteiger charge is -2.30. The fraction of sp³-hybridized carbons (Fsp3) is 0.214. The fourth-order valence-corrected chi connectivity index (χ4v) is 4.26. The van der Waals surface area contributed by atoms with Crippen molar-refractivity contribution in [2.45, 2.75) is 12.3 Å². The summed E-state index contributed by atoms with van der Waals surface area (Å²) >= 11 is 8.24. The van der Waals surface area contributed by atoms with E-state index in [1.165, 1.54) is 22.5 Å². The van der Waals surface area contributed by atoms with Gasteiger partial charge in [-0.05, 0) is 55.5 Å². The van der Waals surface area contributed by atoms with Crippen LogP contribution in [0.4, 0.5) is 0 Å². The van der Waals surface area contributed by atoms with Gasteiger partial charge in [-0.25, -0.2) is 0 Å². The molecule has 0 saturated heterocycles. The maximum atomic E-state index is 12.0. The van der Waals surface area contributed by atoms with Crippen LogP contribution in [0.2, 0.25) is 0 Å². The van der Waals surface area contributed by atoms with Crippen LogP contribution in [0.1, 0.15) is 26.7 Å². The molecule has 1 aromatic heterocycles. The molecular weight excluding hydrogens is 390 g/mol. The molecule has 2 nitrogen and oxygen atoms in total. The van der Waals surface area contributed by atoms with Crippen LogP contribution < -0.4 is 5.32 Å². The van der Waals surface area contributed by atoms with Crippen LogP contribution in [-0.4, -0.2) is 12.5 Å². The highest BCUT2D eigenvalue weighted by Crippen LogP contribution is 2.35. The number of amides is 1. The Morgan fingerprint density at radius 2 is 2.16 bits per heavy atom. The Balaban J connectivity index is 1.61. The summed E-state index contributed by atoms with van der Waals surface area (Å²) < 4.78 is 1.88. The number of thiophene rings is 1. The quantitative estimate of drug-likeness (QED) is 0.815. The Bertz CT molecular complexity index is 619. The van der Waals surface area contributed by atoms with Crippen LogP contribution in [0.15, 0.2) is 38.6 Å². The summed E-state index contributed by atoms with van der Waals surface area (Å²) in [5.74, 6) is 0.466. The molecule has 98 valence electrons. The maximum absolute atomic E-state index is 12.0. The average molecular weight is 401 g/mol. The smallest absolute Gasteiger partial charge is 0.261 e. The zero-order valence-corrected chi connectivity index (χ0v) is 13.9. The molecule has 1 aliphatic rings. The van der Waals surface area contributed by atoms with Gasteiger partial charge in [-0.2, -0.15) is 0 Å². The van der Waals surface area contributed by atoms with Crippen molar-refractivity contribution in [1.82, 2.24) is 5.32 Å². The maximum Gasteiger partial charge on any atom is 0.261 e. The first-order valence-corrected chi connectivity index (χ1v) is 8.36. The lowest BCUT2D eigenvalue weighted by atomic mass is 9.77. The van der Waals surface area contributed by atoms with Crippen LogP contribution in [0.3, 0.4) is 0 Å². The van der Waals surface area contributed by atoms with Crippen molar-refractivity contribution in [2.75, 3.05) is 6.54 Å². The third kappa shape index (κ3) is 2.64. The van der Waals surface area contributed by atoms with Crippen LogP contribution in [0.25, 0.3) is 0 Å². The van der Waals surface area contributed by atoms with Gasteiger partial charge >= 0.3 is 0 Å². The number of rotatable bonds is 3. The van der Waals surface area contributed by atoms with Crippen molar-refractivity contribution in [1.29, 1.82) is 0 Å². The van der Waals surface area contributed by atoms with E-state index in [4.69, 9.17) is 0 Å². The van der Waals surface area contributed by atoms with E-state index in [9.17, 15) is 4.79 Å². The van der Waals surface area contributed by atoms with Gasteiger partial charge in [-0.3, -0.25) is 4.79 Å². The molecule has 1 N–H and O–H groups in total. The molecule has 1 unspecified atom stereocenters. The Morgan fingerprint density at radius 3 is 2.84 bits per heavy atom. The highest BCUT2D eigenvalue weighted by Gasteiger charge is 2.25. The van der Waals surface area contributed by atoms with E-state index < -0.39 is 0 Å². The van der Waals surface area contributed by atoms with Crippen molar-refractivity contribution in [2.24, 2.45) is 0 Å². The van der Waals surface area contributed by atoms with Gasteiger partial charge in [0, 0.05) is 16.9 Å². The molecular formula is C14H11Br2NOS. The number of nitrogens with one attached hydrogen (secondary N) is 1. The molecule has 0 radical (unpaired) electrons. The van der Waals surface area contributed by atoms with Gasteiger partial charge in [0.2, 0.25) is 0 Å². The predicted octanol–water partition coefficient (Wildman–Crippen LogP) is 4.34. The molecule has 5 heteroatoms. The summed E-state index contributed by atoms with van der Waals surface area (Å²) in [6, 6.07) is 10.3. The minimum Gasteiger partial charge on any atom is -0.351 e. The van der Waals surface area contributed by atoms with Crippen LogP contribution >= 0.6 is 43.2 Å². The van der Waals surface area contributed by atoms with E-state index in [0.717, 1.165) is 19.6 Å². The summed E-state index contributed by atoms with van der Waals surface area (Å²) in [7, 11) is 0. The van der Waals surface area contributed by atoms with Crippen molar-refractivity contribution in [3.05, 3.63) is 54.6 Å². The van der Waals surface area contributed by atoms with Gasteiger partial charge in [-0.15, -0.1) is 11.3 Å². The zero-order chi connectivity index (χ0) is 13.4. The molecule has 1 heterocycles. The van der Waals surface area contributed by atoms with Gasteiger partial charge < -0.3 is 5.32 Å². The predicted molar refractivity (Wildman–Crippen MR) is 84.9 cm³/mol. The molecule has 1 aromatic carbocycles. The van der Waals surface area contributed by atoms with E-state index in [2.05, 4.69) is 61.4 Å². The molecule has 0 fully saturated rings. The van der Waals surface area contributed by atoms with E-state index in [1.807, 2.05) is 6.07 Å². The van der Waals surface area contributed by atoms with Crippen molar-refractivity contribution < 1.29 is 4.79 Å². The topological polar surface area (TPSA) is 29.1 Å². The van der Waals surface area contributed by atoms with Crippen LogP contribution in [-0.2, 0) is 6.42 Å². The minimum absolute atomic E-state index is 0.000723. The summed E-state index contributed by atoms with van der Waals surface area (Å²) in [6.45, 7) is 0.711. The SMILES string of the molecule is O=C(NCC1Cc2ccccc21)c1cc(Br)c(Br)s1. The first-order chi connectivity index (χ1) is 9.15. The highest BCUT2D eigenvalue weighted by atomic mass is 79.9. The number of carbonyl (C=O) groups excluding carboxylic acids is 1. The first kappa shape index (κ1) is 13.3. The van der Waals surface area contributed by atoms with E-state index in [0.29, 0.717) is 12.5 Å². The molecule has 0 bridgehead atoms. The van der Waals surface area contributed by atoms with Crippen LogP contribution in [0, 0.1) is 0 Å². The van der Waals surface area contributed by atoms with E-state index >= 15 is 0 Å². The number of hydrogen-bond donors (Lipinski definition) is 1. The van der Waals surface area contributed by atoms with Crippen LogP contribution in [0.5, 0.6) is 0 Å². The van der Waals surface area contributed by atoms with Gasteiger partial charge in [-0.1, -0.05) is 24.3 Å². The Hall–Kier alpha value is -0.650. The summed E-state index contributed by atoms with van der Waals surface area (Å²) in [4.78, 5) is 12.8. The zero-order valence-electron chi connectivity index (χ0n) is 9.95. The number of hydrogen-bond acceptors (Lipinski definition) is 2. The summed E-state index contributed by atoms with van der Waals surface area (Å²) in [5, 5.41) is 3.01. The Kier molecular flexibility index (Phi) is 3.78. The lowest BCUT2D eigenvalue weighted by molar-refractivity contribution is 0.0954. The molecule has 1 amide bonds. The Morgan fingerprint density at radius 1 is 1.37 bits per heavy atom. The number of benzene rings is 1. The largest absolute Gasteiger partial charge is 0.351 e. The third-order valence-electron chi connectivity index (χ3n) is 3.34. The molecule has 0 saturated carbocycles. The standard InChI is InChI=1S/C14H11Br2NOS/c15-11-6-12(19-13(11)16)14(18)17-7-9-5-8-3-1-2-4-10(8)9/h1-4,6,9H,5,7H2,(H,17,18). The normalized spacial score (nSPS) is 16.6. The summed E-state index contributed by atoms with van der Waals surface area (Å²) in [5.41, 5.74) is 2.78. The van der Waals surface area contributed by atoms with E-state index in [-0.39, 0.29) is 5.91 Å². The molecule has 0 spiro atoms. The second-order valence-electron chi connectivity index (χ2n) is 4.54. The highest BCUT2D eigenvalue weighted by molar-refractivity contribution is 9.13. The molecule has 1 atom stereocenters. The second kappa shape index (κ2) is 5.38. The van der Waals surface area contributed by atoms with Gasteiger partial charge in [0.05, 0.1) is 8.66 Å². The van der Waals surface area contributed by atoms with Gasteiger partial charge in [0.25, 0.3) is 5.91 Å². The number of carbonyl (C=O) groups is 1. The molecule has 1 aliphatic carbocycles. The summed E-state index contributed by atoms with van der Waals surface area (Å²) in [6.07, 6.45) is 1.06. The second-order valence-corrected chi connectivity index (χ2v) is 7.77. The van der Waals surface area contributed by atoms with Crippen molar-refractivity contribution in [3.63, 3.8) is 0 Å². The third-order valence-corrected chi connectivity index (χ3v) is 6.59. The number of fused-ring (bicyclic) bond motifs is 1. The van der Waals surface area contributed by atoms with E-state index in [1.54, 1.807) is 0 Å². The van der Waals surface area contributed by atoms with Crippen molar-refractivity contribution >= 4 is 49.1 Å². The average Bonchev–Trinajstić information content (AvgIpc) is 2.71. The number of halogens is 2. The van der Waals surface area contributed by atoms with Gasteiger partial charge in [0.15, 0.2) is 0 Å². The fourth-order valence-electron chi connectivity index (χ4n) is 2.31.